The highest BCUT2D eigenvalue weighted by Crippen LogP contribution is 2.28. The minimum absolute atomic E-state index is 0.460. The number of nitrogens with one attached hydrogen (secondary N) is 2. The van der Waals surface area contributed by atoms with Crippen molar-refractivity contribution in [2.45, 2.75) is 0 Å². The highest BCUT2D eigenvalue weighted by molar-refractivity contribution is 5.74. The summed E-state index contributed by atoms with van der Waals surface area (Å²) in [5.41, 5.74) is 5.02. The number of ether oxygens (including phenoxy) is 1. The van der Waals surface area contributed by atoms with Gasteiger partial charge in [-0.3, -0.25) is 0 Å². The molecule has 1 fully saturated rings. The van der Waals surface area contributed by atoms with E-state index in [0.717, 1.165) is 54.4 Å². The van der Waals surface area contributed by atoms with Gasteiger partial charge in [-0.25, -0.2) is 9.50 Å². The van der Waals surface area contributed by atoms with Crippen LogP contribution in [-0.4, -0.2) is 47.9 Å². The highest BCUT2D eigenvalue weighted by atomic mass is 16.5. The van der Waals surface area contributed by atoms with Crippen molar-refractivity contribution in [1.82, 2.24) is 19.9 Å². The molecule has 5 rings (SSSR count). The highest BCUT2D eigenvalue weighted by Gasteiger charge is 2.15. The van der Waals surface area contributed by atoms with Gasteiger partial charge in [-0.15, -0.1) is 5.10 Å². The maximum atomic E-state index is 9.66. The lowest BCUT2D eigenvalue weighted by atomic mass is 10.1. The second kappa shape index (κ2) is 8.57. The van der Waals surface area contributed by atoms with Crippen LogP contribution in [0.25, 0.3) is 16.8 Å². The van der Waals surface area contributed by atoms with Gasteiger partial charge in [-0.1, -0.05) is 0 Å². The van der Waals surface area contributed by atoms with E-state index in [2.05, 4.69) is 43.8 Å². The zero-order valence-corrected chi connectivity index (χ0v) is 17.7. The van der Waals surface area contributed by atoms with Gasteiger partial charge in [0.2, 0.25) is 5.95 Å². The molecule has 160 valence electrons. The molecule has 8 heteroatoms. The first kappa shape index (κ1) is 19.8. The standard InChI is InChI=1S/C24H23N7O/c1-32-22-8-2-17(3-9-22)23-18(15-25)14-21-16-27-24(29-31(21)23)28-19-4-6-20(7-5-19)30-12-10-26-11-13-30/h2-9,14,16,26H,10-13H2,1H3,(H,28,29). The van der Waals surface area contributed by atoms with Crippen LogP contribution in [0, 0.1) is 11.3 Å². The van der Waals surface area contributed by atoms with Crippen LogP contribution in [0.4, 0.5) is 17.3 Å². The van der Waals surface area contributed by atoms with Gasteiger partial charge < -0.3 is 20.3 Å². The van der Waals surface area contributed by atoms with Crippen molar-refractivity contribution in [3.63, 3.8) is 0 Å². The summed E-state index contributed by atoms with van der Waals surface area (Å²) < 4.78 is 7.00. The van der Waals surface area contributed by atoms with E-state index in [1.165, 1.54) is 5.69 Å². The fraction of sp³-hybridized carbons (Fsp3) is 0.208. The molecule has 4 aromatic rings. The zero-order valence-electron chi connectivity index (χ0n) is 17.7. The SMILES string of the molecule is COc1ccc(-c2c(C#N)cc3cnc(Nc4ccc(N5CCNCC5)cc4)nn23)cc1. The van der Waals surface area contributed by atoms with Gasteiger partial charge in [-0.05, 0) is 54.6 Å². The summed E-state index contributed by atoms with van der Waals surface area (Å²) in [7, 11) is 1.63. The van der Waals surface area contributed by atoms with Crippen LogP contribution < -0.4 is 20.3 Å². The maximum absolute atomic E-state index is 9.66. The number of nitrogens with zero attached hydrogens (tertiary/aromatic N) is 5. The summed E-state index contributed by atoms with van der Waals surface area (Å²) >= 11 is 0. The fourth-order valence-corrected chi connectivity index (χ4v) is 3.94. The van der Waals surface area contributed by atoms with Gasteiger partial charge in [0.15, 0.2) is 0 Å². The van der Waals surface area contributed by atoms with Crippen LogP contribution in [0.15, 0.2) is 60.8 Å². The molecule has 1 aliphatic rings. The molecule has 2 aromatic heterocycles. The average molecular weight is 425 g/mol. The summed E-state index contributed by atoms with van der Waals surface area (Å²) in [4.78, 5) is 6.80. The van der Waals surface area contributed by atoms with Crippen LogP contribution >= 0.6 is 0 Å². The average Bonchev–Trinajstić information content (AvgIpc) is 3.23. The van der Waals surface area contributed by atoms with E-state index in [1.54, 1.807) is 23.9 Å². The van der Waals surface area contributed by atoms with Gasteiger partial charge in [-0.2, -0.15) is 5.26 Å². The first-order valence-electron chi connectivity index (χ1n) is 10.5. The lowest BCUT2D eigenvalue weighted by Gasteiger charge is -2.29. The second-order valence-corrected chi connectivity index (χ2v) is 7.57. The zero-order chi connectivity index (χ0) is 21.9. The Kier molecular flexibility index (Phi) is 5.32. The quantitative estimate of drug-likeness (QED) is 0.506. The molecule has 0 amide bonds. The summed E-state index contributed by atoms with van der Waals surface area (Å²) in [6.45, 7) is 4.03. The van der Waals surface area contributed by atoms with Gasteiger partial charge in [0.1, 0.15) is 11.8 Å². The molecule has 1 saturated heterocycles. The Labute approximate surface area is 186 Å². The molecule has 2 aromatic carbocycles. The van der Waals surface area contributed by atoms with Crippen molar-refractivity contribution in [2.24, 2.45) is 0 Å². The number of anilines is 3. The lowest BCUT2D eigenvalue weighted by Crippen LogP contribution is -2.43. The van der Waals surface area contributed by atoms with Crippen molar-refractivity contribution < 1.29 is 4.74 Å². The van der Waals surface area contributed by atoms with Crippen LogP contribution in [0.2, 0.25) is 0 Å². The molecule has 0 spiro atoms. The summed E-state index contributed by atoms with van der Waals surface area (Å²) in [6, 6.07) is 19.9. The van der Waals surface area contributed by atoms with E-state index in [9.17, 15) is 5.26 Å². The van der Waals surface area contributed by atoms with E-state index in [4.69, 9.17) is 4.74 Å². The Balaban J connectivity index is 1.44. The Morgan fingerprint density at radius 1 is 1.06 bits per heavy atom. The van der Waals surface area contributed by atoms with E-state index in [0.29, 0.717) is 11.5 Å². The monoisotopic (exact) mass is 425 g/mol. The molecule has 3 heterocycles. The minimum Gasteiger partial charge on any atom is -0.497 e. The van der Waals surface area contributed by atoms with Crippen molar-refractivity contribution in [3.8, 4) is 23.1 Å². The fourth-order valence-electron chi connectivity index (χ4n) is 3.94. The molecule has 0 saturated carbocycles. The molecule has 0 aliphatic carbocycles. The number of hydrogen-bond acceptors (Lipinski definition) is 7. The molecule has 0 atom stereocenters. The topological polar surface area (TPSA) is 90.5 Å². The summed E-state index contributed by atoms with van der Waals surface area (Å²) in [6.07, 6.45) is 1.72. The smallest absolute Gasteiger partial charge is 0.245 e. The van der Waals surface area contributed by atoms with E-state index < -0.39 is 0 Å². The van der Waals surface area contributed by atoms with Crippen LogP contribution in [0.1, 0.15) is 5.56 Å². The Hall–Kier alpha value is -4.09. The largest absolute Gasteiger partial charge is 0.497 e. The summed E-state index contributed by atoms with van der Waals surface area (Å²) in [5, 5.41) is 21.0. The second-order valence-electron chi connectivity index (χ2n) is 7.57. The Morgan fingerprint density at radius 2 is 1.81 bits per heavy atom. The predicted molar refractivity (Wildman–Crippen MR) is 124 cm³/mol. The molecular formula is C24H23N7O. The van der Waals surface area contributed by atoms with E-state index >= 15 is 0 Å². The number of benzene rings is 2. The number of piperazine rings is 1. The number of methoxy groups -OCH3 is 1. The van der Waals surface area contributed by atoms with Gasteiger partial charge in [0.25, 0.3) is 0 Å². The van der Waals surface area contributed by atoms with Crippen LogP contribution in [0.3, 0.4) is 0 Å². The normalized spacial score (nSPS) is 13.7. The van der Waals surface area contributed by atoms with Crippen molar-refractivity contribution in [3.05, 3.63) is 66.4 Å². The Morgan fingerprint density at radius 3 is 2.50 bits per heavy atom. The van der Waals surface area contributed by atoms with Crippen molar-refractivity contribution in [2.75, 3.05) is 43.5 Å². The molecular weight excluding hydrogens is 402 g/mol. The third-order valence-electron chi connectivity index (χ3n) is 5.61. The summed E-state index contributed by atoms with van der Waals surface area (Å²) in [5.74, 6) is 1.22. The predicted octanol–water partition coefficient (Wildman–Crippen LogP) is 3.43. The number of nitriles is 1. The number of rotatable bonds is 5. The van der Waals surface area contributed by atoms with Crippen LogP contribution in [0.5, 0.6) is 5.75 Å². The number of fused-ring (bicyclic) bond motifs is 1. The van der Waals surface area contributed by atoms with Gasteiger partial charge >= 0.3 is 0 Å². The molecule has 8 nitrogen and oxygen atoms in total. The minimum atomic E-state index is 0.460. The molecule has 0 unspecified atom stereocenters. The first-order chi connectivity index (χ1) is 15.7. The van der Waals surface area contributed by atoms with Crippen LogP contribution in [-0.2, 0) is 0 Å². The third kappa shape index (κ3) is 3.82. The molecule has 1 aliphatic heterocycles. The van der Waals surface area contributed by atoms with Crippen molar-refractivity contribution in [1.29, 1.82) is 5.26 Å². The molecule has 0 bridgehead atoms. The first-order valence-corrected chi connectivity index (χ1v) is 10.5. The number of hydrogen-bond donors (Lipinski definition) is 2. The van der Waals surface area contributed by atoms with Gasteiger partial charge in [0.05, 0.1) is 30.1 Å². The molecule has 2 N–H and O–H groups in total. The molecule has 32 heavy (non-hydrogen) atoms. The van der Waals surface area contributed by atoms with E-state index in [1.807, 2.05) is 36.4 Å². The Bertz CT molecular complexity index is 1270. The molecule has 0 radical (unpaired) electrons. The van der Waals surface area contributed by atoms with Crippen molar-refractivity contribution >= 4 is 22.8 Å². The van der Waals surface area contributed by atoms with Gasteiger partial charge in [0, 0.05) is 43.1 Å². The maximum Gasteiger partial charge on any atom is 0.245 e. The van der Waals surface area contributed by atoms with E-state index in [-0.39, 0.29) is 0 Å². The number of aromatic nitrogens is 3. The lowest BCUT2D eigenvalue weighted by molar-refractivity contribution is 0.415. The third-order valence-corrected chi connectivity index (χ3v) is 5.61.